The lowest BCUT2D eigenvalue weighted by atomic mass is 10.0. The highest BCUT2D eigenvalue weighted by Gasteiger charge is 2.32. The lowest BCUT2D eigenvalue weighted by Gasteiger charge is -2.16. The van der Waals surface area contributed by atoms with E-state index in [1.807, 2.05) is 30.3 Å². The van der Waals surface area contributed by atoms with Gasteiger partial charge in [0.1, 0.15) is 0 Å². The molecule has 0 radical (unpaired) electrons. The Labute approximate surface area is 126 Å². The molecule has 21 heavy (non-hydrogen) atoms. The fourth-order valence-corrected chi connectivity index (χ4v) is 4.44. The predicted octanol–water partition coefficient (Wildman–Crippen LogP) is 2.23. The van der Waals surface area contributed by atoms with Crippen molar-refractivity contribution < 1.29 is 17.9 Å². The van der Waals surface area contributed by atoms with Crippen LogP contribution < -0.4 is 0 Å². The fraction of sp³-hybridized carbons (Fsp3) is 0.562. The van der Waals surface area contributed by atoms with Gasteiger partial charge in [-0.2, -0.15) is 0 Å². The first-order chi connectivity index (χ1) is 10.00. The third kappa shape index (κ3) is 5.50. The maximum Gasteiger partial charge on any atom is 0.310 e. The summed E-state index contributed by atoms with van der Waals surface area (Å²) in [4.78, 5) is 12.0. The van der Waals surface area contributed by atoms with Crippen LogP contribution in [0.1, 0.15) is 25.3 Å². The summed E-state index contributed by atoms with van der Waals surface area (Å²) in [6.45, 7) is 2.00. The van der Waals surface area contributed by atoms with Crippen molar-refractivity contribution in [2.24, 2.45) is 11.8 Å². The van der Waals surface area contributed by atoms with E-state index < -0.39 is 21.7 Å². The molecule has 4 nitrogen and oxygen atoms in total. The number of carbonyl (C=O) groups excluding carboxylic acids is 1. The first kappa shape index (κ1) is 16.0. The Balaban J connectivity index is 2.06. The van der Waals surface area contributed by atoms with E-state index in [1.54, 1.807) is 6.92 Å². The molecular weight excluding hydrogens is 288 g/mol. The van der Waals surface area contributed by atoms with Crippen molar-refractivity contribution in [1.82, 2.24) is 0 Å². The molecule has 0 N–H and O–H groups in total. The van der Waals surface area contributed by atoms with E-state index >= 15 is 0 Å². The van der Waals surface area contributed by atoms with Crippen LogP contribution in [-0.4, -0.2) is 32.5 Å². The molecule has 1 aromatic carbocycles. The molecule has 0 bridgehead atoms. The molecule has 0 aromatic heterocycles. The molecule has 116 valence electrons. The molecule has 1 aromatic rings. The maximum atomic E-state index is 12.2. The topological polar surface area (TPSA) is 60.4 Å². The van der Waals surface area contributed by atoms with Crippen LogP contribution in [0.3, 0.4) is 0 Å². The number of hydrogen-bond donors (Lipinski definition) is 0. The van der Waals surface area contributed by atoms with E-state index in [0.29, 0.717) is 12.3 Å². The van der Waals surface area contributed by atoms with Crippen LogP contribution in [0.25, 0.3) is 0 Å². The Kier molecular flexibility index (Phi) is 5.39. The van der Waals surface area contributed by atoms with Gasteiger partial charge in [0.15, 0.2) is 9.84 Å². The lowest BCUT2D eigenvalue weighted by Crippen LogP contribution is -2.29. The van der Waals surface area contributed by atoms with Gasteiger partial charge in [0.2, 0.25) is 0 Å². The summed E-state index contributed by atoms with van der Waals surface area (Å²) in [5.41, 5.74) is 0.956. The van der Waals surface area contributed by atoms with Gasteiger partial charge < -0.3 is 4.74 Å². The Morgan fingerprint density at radius 2 is 1.95 bits per heavy atom. The SMILES string of the molecule is CCOC(=O)C(Cc1ccccc1)CS(=O)(=O)CC1CC1. The molecular formula is C16H22O4S. The van der Waals surface area contributed by atoms with Gasteiger partial charge in [-0.3, -0.25) is 4.79 Å². The zero-order valence-corrected chi connectivity index (χ0v) is 13.1. The van der Waals surface area contributed by atoms with Gasteiger partial charge in [0, 0.05) is 0 Å². The molecule has 1 atom stereocenters. The zero-order chi connectivity index (χ0) is 15.3. The van der Waals surface area contributed by atoms with Gasteiger partial charge in [-0.25, -0.2) is 8.42 Å². The molecule has 0 amide bonds. The third-order valence-corrected chi connectivity index (χ3v) is 5.48. The Bertz CT molecular complexity index is 561. The standard InChI is InChI=1S/C16H22O4S/c1-2-20-16(17)15(10-13-6-4-3-5-7-13)12-21(18,19)11-14-8-9-14/h3-7,14-15H,2,8-12H2,1H3. The average Bonchev–Trinajstić information content (AvgIpc) is 3.22. The van der Waals surface area contributed by atoms with E-state index in [0.717, 1.165) is 18.4 Å². The molecule has 1 unspecified atom stereocenters. The minimum Gasteiger partial charge on any atom is -0.466 e. The van der Waals surface area contributed by atoms with E-state index in [9.17, 15) is 13.2 Å². The van der Waals surface area contributed by atoms with E-state index in [1.165, 1.54) is 0 Å². The van der Waals surface area contributed by atoms with Crippen molar-refractivity contribution in [3.8, 4) is 0 Å². The molecule has 1 aliphatic carbocycles. The molecule has 1 fully saturated rings. The average molecular weight is 310 g/mol. The van der Waals surface area contributed by atoms with Crippen LogP contribution in [0.5, 0.6) is 0 Å². The van der Waals surface area contributed by atoms with Crippen molar-refractivity contribution in [2.75, 3.05) is 18.1 Å². The molecule has 1 saturated carbocycles. The van der Waals surface area contributed by atoms with Gasteiger partial charge in [-0.1, -0.05) is 30.3 Å². The molecule has 0 heterocycles. The summed E-state index contributed by atoms with van der Waals surface area (Å²) in [5, 5.41) is 0. The molecule has 5 heteroatoms. The van der Waals surface area contributed by atoms with Gasteiger partial charge in [0.25, 0.3) is 0 Å². The second kappa shape index (κ2) is 7.07. The molecule has 0 aliphatic heterocycles. The van der Waals surface area contributed by atoms with Crippen LogP contribution in [-0.2, 0) is 25.8 Å². The van der Waals surface area contributed by atoms with E-state index in [4.69, 9.17) is 4.74 Å². The minimum atomic E-state index is -3.20. The Hall–Kier alpha value is -1.36. The van der Waals surface area contributed by atoms with Crippen molar-refractivity contribution >= 4 is 15.8 Å². The first-order valence-corrected chi connectivity index (χ1v) is 9.23. The van der Waals surface area contributed by atoms with Crippen LogP contribution >= 0.6 is 0 Å². The van der Waals surface area contributed by atoms with E-state index in [-0.39, 0.29) is 18.1 Å². The summed E-state index contributed by atoms with van der Waals surface area (Å²) in [6, 6.07) is 9.47. The van der Waals surface area contributed by atoms with Gasteiger partial charge in [-0.15, -0.1) is 0 Å². The van der Waals surface area contributed by atoms with Crippen molar-refractivity contribution in [3.05, 3.63) is 35.9 Å². The number of benzene rings is 1. The summed E-state index contributed by atoms with van der Waals surface area (Å²) >= 11 is 0. The number of rotatable bonds is 8. The van der Waals surface area contributed by atoms with Crippen LogP contribution in [0.15, 0.2) is 30.3 Å². The van der Waals surface area contributed by atoms with Crippen LogP contribution in [0.2, 0.25) is 0 Å². The van der Waals surface area contributed by atoms with Crippen molar-refractivity contribution in [1.29, 1.82) is 0 Å². The van der Waals surface area contributed by atoms with Crippen molar-refractivity contribution in [2.45, 2.75) is 26.2 Å². The Morgan fingerprint density at radius 3 is 2.52 bits per heavy atom. The summed E-state index contributed by atoms with van der Waals surface area (Å²) in [5.74, 6) is -0.638. The van der Waals surface area contributed by atoms with Crippen molar-refractivity contribution in [3.63, 3.8) is 0 Å². The van der Waals surface area contributed by atoms with Crippen LogP contribution in [0, 0.1) is 11.8 Å². The smallest absolute Gasteiger partial charge is 0.310 e. The number of ether oxygens (including phenoxy) is 1. The number of carbonyl (C=O) groups is 1. The molecule has 2 rings (SSSR count). The predicted molar refractivity (Wildman–Crippen MR) is 81.6 cm³/mol. The maximum absolute atomic E-state index is 12.2. The number of sulfone groups is 1. The second-order valence-electron chi connectivity index (χ2n) is 5.66. The van der Waals surface area contributed by atoms with Gasteiger partial charge in [0.05, 0.1) is 24.0 Å². The first-order valence-electron chi connectivity index (χ1n) is 7.41. The van der Waals surface area contributed by atoms with E-state index in [2.05, 4.69) is 0 Å². The molecule has 0 spiro atoms. The van der Waals surface area contributed by atoms with Crippen LogP contribution in [0.4, 0.5) is 0 Å². The zero-order valence-electron chi connectivity index (χ0n) is 12.3. The lowest BCUT2D eigenvalue weighted by molar-refractivity contribution is -0.147. The highest BCUT2D eigenvalue weighted by Crippen LogP contribution is 2.31. The largest absolute Gasteiger partial charge is 0.466 e. The van der Waals surface area contributed by atoms with Gasteiger partial charge in [-0.05, 0) is 37.7 Å². The monoisotopic (exact) mass is 310 g/mol. The second-order valence-corrected chi connectivity index (χ2v) is 7.81. The van der Waals surface area contributed by atoms with Gasteiger partial charge >= 0.3 is 5.97 Å². The third-order valence-electron chi connectivity index (χ3n) is 3.59. The summed E-state index contributed by atoms with van der Waals surface area (Å²) in [7, 11) is -3.20. The molecule has 1 aliphatic rings. The normalized spacial score (nSPS) is 16.4. The Morgan fingerprint density at radius 1 is 1.29 bits per heavy atom. The quantitative estimate of drug-likeness (QED) is 0.691. The number of hydrogen-bond acceptors (Lipinski definition) is 4. The number of esters is 1. The highest BCUT2D eigenvalue weighted by molar-refractivity contribution is 7.91. The molecule has 0 saturated heterocycles. The summed E-state index contributed by atoms with van der Waals surface area (Å²) in [6.07, 6.45) is 2.38. The minimum absolute atomic E-state index is 0.114. The summed E-state index contributed by atoms with van der Waals surface area (Å²) < 4.78 is 29.4. The highest BCUT2D eigenvalue weighted by atomic mass is 32.2. The fourth-order valence-electron chi connectivity index (χ4n) is 2.39.